The number of aryl methyl sites for hydroxylation is 1. The van der Waals surface area contributed by atoms with Crippen LogP contribution in [0.5, 0.6) is 0 Å². The Balaban J connectivity index is 1.68. The summed E-state index contributed by atoms with van der Waals surface area (Å²) in [5, 5.41) is 17.6. The molecule has 8 heteroatoms. The molecule has 2 aromatic heterocycles. The van der Waals surface area contributed by atoms with Crippen LogP contribution in [0.25, 0.3) is 11.3 Å². The first kappa shape index (κ1) is 16.9. The van der Waals surface area contributed by atoms with Gasteiger partial charge >= 0.3 is 0 Å². The summed E-state index contributed by atoms with van der Waals surface area (Å²) in [5.41, 5.74) is 3.07. The topological polar surface area (TPSA) is 106 Å². The molecule has 3 aromatic rings. The van der Waals surface area contributed by atoms with E-state index in [0.717, 1.165) is 35.5 Å². The highest BCUT2D eigenvalue weighted by Crippen LogP contribution is 2.31. The molecule has 1 aliphatic rings. The largest absolute Gasteiger partial charge is 0.367 e. The molecule has 27 heavy (non-hydrogen) atoms. The van der Waals surface area contributed by atoms with Crippen molar-refractivity contribution in [3.05, 3.63) is 64.6 Å². The predicted molar refractivity (Wildman–Crippen MR) is 103 cm³/mol. The molecule has 1 saturated carbocycles. The quantitative estimate of drug-likeness (QED) is 0.503. The van der Waals surface area contributed by atoms with E-state index in [1.165, 1.54) is 18.5 Å². The maximum absolute atomic E-state index is 11.1. The number of rotatable bonds is 6. The van der Waals surface area contributed by atoms with E-state index in [1.54, 1.807) is 12.3 Å². The first-order valence-corrected chi connectivity index (χ1v) is 8.66. The summed E-state index contributed by atoms with van der Waals surface area (Å²) in [4.78, 5) is 23.7. The number of hydrogen-bond acceptors (Lipinski definition) is 7. The maximum Gasteiger partial charge on any atom is 0.271 e. The minimum absolute atomic E-state index is 0.0264. The Morgan fingerprint density at radius 2 is 2.00 bits per heavy atom. The van der Waals surface area contributed by atoms with Gasteiger partial charge in [-0.25, -0.2) is 15.0 Å². The van der Waals surface area contributed by atoms with E-state index in [4.69, 9.17) is 0 Å². The van der Waals surface area contributed by atoms with E-state index in [0.29, 0.717) is 17.5 Å². The van der Waals surface area contributed by atoms with Crippen LogP contribution in [0.1, 0.15) is 18.4 Å². The van der Waals surface area contributed by atoms with Crippen LogP contribution < -0.4 is 10.6 Å². The van der Waals surface area contributed by atoms with Crippen molar-refractivity contribution in [2.45, 2.75) is 25.8 Å². The van der Waals surface area contributed by atoms with Gasteiger partial charge in [-0.15, -0.1) is 0 Å². The van der Waals surface area contributed by atoms with Gasteiger partial charge in [0.15, 0.2) is 0 Å². The lowest BCUT2D eigenvalue weighted by molar-refractivity contribution is -0.384. The molecular weight excluding hydrogens is 344 g/mol. The summed E-state index contributed by atoms with van der Waals surface area (Å²) in [5.74, 6) is 1.36. The number of pyridine rings is 1. The van der Waals surface area contributed by atoms with Gasteiger partial charge < -0.3 is 10.6 Å². The second kappa shape index (κ2) is 6.99. The van der Waals surface area contributed by atoms with Crippen molar-refractivity contribution in [1.82, 2.24) is 15.0 Å². The maximum atomic E-state index is 11.1. The lowest BCUT2D eigenvalue weighted by Crippen LogP contribution is -2.04. The van der Waals surface area contributed by atoms with Gasteiger partial charge in [0, 0.05) is 41.7 Å². The Bertz CT molecular complexity index is 1000. The van der Waals surface area contributed by atoms with Crippen molar-refractivity contribution in [2.24, 2.45) is 0 Å². The van der Waals surface area contributed by atoms with Gasteiger partial charge in [-0.1, -0.05) is 6.07 Å². The first-order chi connectivity index (χ1) is 13.1. The first-order valence-electron chi connectivity index (χ1n) is 8.66. The number of nitrogens with zero attached hydrogens (tertiary/aromatic N) is 4. The van der Waals surface area contributed by atoms with Crippen molar-refractivity contribution in [1.29, 1.82) is 0 Å². The van der Waals surface area contributed by atoms with E-state index in [1.807, 2.05) is 25.1 Å². The average molecular weight is 362 g/mol. The Hall–Kier alpha value is -3.55. The fraction of sp³-hybridized carbons (Fsp3) is 0.211. The van der Waals surface area contributed by atoms with Gasteiger partial charge in [-0.2, -0.15) is 0 Å². The average Bonchev–Trinajstić information content (AvgIpc) is 3.48. The van der Waals surface area contributed by atoms with Gasteiger partial charge in [0.1, 0.15) is 18.0 Å². The number of aromatic nitrogens is 3. The Labute approximate surface area is 155 Å². The summed E-state index contributed by atoms with van der Waals surface area (Å²) in [6, 6.07) is 10.8. The standard InChI is InChI=1S/C19H18N6O2/c1-12-4-7-14(25(26)27)9-16(12)24-19-15(3-2-8-20-19)17-10-18(22-11-21-17)23-13-5-6-13/h2-4,7-11,13H,5-6H2,1H3,(H,20,24)(H,21,22,23). The van der Waals surface area contributed by atoms with E-state index >= 15 is 0 Å². The van der Waals surface area contributed by atoms with Crippen molar-refractivity contribution < 1.29 is 4.92 Å². The molecule has 0 radical (unpaired) electrons. The van der Waals surface area contributed by atoms with E-state index < -0.39 is 4.92 Å². The molecule has 0 amide bonds. The highest BCUT2D eigenvalue weighted by atomic mass is 16.6. The van der Waals surface area contributed by atoms with Crippen LogP contribution in [0.15, 0.2) is 48.9 Å². The number of anilines is 3. The number of nitrogens with one attached hydrogen (secondary N) is 2. The third-order valence-electron chi connectivity index (χ3n) is 4.37. The Kier molecular flexibility index (Phi) is 4.37. The van der Waals surface area contributed by atoms with Gasteiger partial charge in [-0.05, 0) is 37.5 Å². The number of non-ortho nitro benzene ring substituents is 1. The van der Waals surface area contributed by atoms with E-state index in [2.05, 4.69) is 25.6 Å². The second-order valence-electron chi connectivity index (χ2n) is 6.49. The van der Waals surface area contributed by atoms with Crippen LogP contribution in [0, 0.1) is 17.0 Å². The molecule has 0 aliphatic heterocycles. The number of nitro benzene ring substituents is 1. The van der Waals surface area contributed by atoms with Crippen LogP contribution >= 0.6 is 0 Å². The number of nitro groups is 1. The number of hydrogen-bond donors (Lipinski definition) is 2. The zero-order valence-electron chi connectivity index (χ0n) is 14.7. The molecule has 2 heterocycles. The third-order valence-corrected chi connectivity index (χ3v) is 4.37. The van der Waals surface area contributed by atoms with E-state index in [-0.39, 0.29) is 5.69 Å². The molecule has 0 atom stereocenters. The SMILES string of the molecule is Cc1ccc([N+](=O)[O-])cc1Nc1ncccc1-c1cc(NC2CC2)ncn1. The summed E-state index contributed by atoms with van der Waals surface area (Å²) in [7, 11) is 0. The lowest BCUT2D eigenvalue weighted by atomic mass is 10.1. The van der Waals surface area contributed by atoms with E-state index in [9.17, 15) is 10.1 Å². The van der Waals surface area contributed by atoms with Crippen LogP contribution in [-0.2, 0) is 0 Å². The van der Waals surface area contributed by atoms with Crippen LogP contribution in [0.3, 0.4) is 0 Å². The molecule has 1 aromatic carbocycles. The van der Waals surface area contributed by atoms with Crippen molar-refractivity contribution in [3.63, 3.8) is 0 Å². The fourth-order valence-electron chi connectivity index (χ4n) is 2.72. The summed E-state index contributed by atoms with van der Waals surface area (Å²) in [6.45, 7) is 1.89. The molecule has 0 saturated heterocycles. The highest BCUT2D eigenvalue weighted by molar-refractivity contribution is 5.78. The molecule has 1 fully saturated rings. The smallest absolute Gasteiger partial charge is 0.271 e. The molecule has 0 bridgehead atoms. The zero-order valence-corrected chi connectivity index (χ0v) is 14.7. The molecule has 136 valence electrons. The normalized spacial score (nSPS) is 13.2. The molecule has 0 unspecified atom stereocenters. The van der Waals surface area contributed by atoms with Gasteiger partial charge in [0.25, 0.3) is 5.69 Å². The van der Waals surface area contributed by atoms with Crippen molar-refractivity contribution >= 4 is 23.0 Å². The van der Waals surface area contributed by atoms with Gasteiger partial charge in [0.05, 0.1) is 10.6 Å². The minimum Gasteiger partial charge on any atom is -0.367 e. The zero-order chi connectivity index (χ0) is 18.8. The summed E-state index contributed by atoms with van der Waals surface area (Å²) in [6.07, 6.45) is 5.51. The highest BCUT2D eigenvalue weighted by Gasteiger charge is 2.21. The number of benzene rings is 1. The fourth-order valence-corrected chi connectivity index (χ4v) is 2.72. The predicted octanol–water partition coefficient (Wildman–Crippen LogP) is 4.07. The summed E-state index contributed by atoms with van der Waals surface area (Å²) >= 11 is 0. The molecule has 1 aliphatic carbocycles. The summed E-state index contributed by atoms with van der Waals surface area (Å²) < 4.78 is 0. The molecular formula is C19H18N6O2. The lowest BCUT2D eigenvalue weighted by Gasteiger charge is -2.13. The van der Waals surface area contributed by atoms with Crippen LogP contribution in [0.2, 0.25) is 0 Å². The monoisotopic (exact) mass is 362 g/mol. The van der Waals surface area contributed by atoms with Crippen molar-refractivity contribution in [2.75, 3.05) is 10.6 Å². The minimum atomic E-state index is -0.413. The Morgan fingerprint density at radius 1 is 1.15 bits per heavy atom. The van der Waals surface area contributed by atoms with Crippen LogP contribution in [-0.4, -0.2) is 25.9 Å². The van der Waals surface area contributed by atoms with Gasteiger partial charge in [-0.3, -0.25) is 10.1 Å². The molecule has 4 rings (SSSR count). The molecule has 8 nitrogen and oxygen atoms in total. The molecule has 2 N–H and O–H groups in total. The van der Waals surface area contributed by atoms with Gasteiger partial charge in [0.2, 0.25) is 0 Å². The van der Waals surface area contributed by atoms with Crippen LogP contribution in [0.4, 0.5) is 23.0 Å². The van der Waals surface area contributed by atoms with Crippen molar-refractivity contribution in [3.8, 4) is 11.3 Å². The Morgan fingerprint density at radius 3 is 2.78 bits per heavy atom. The molecule has 0 spiro atoms. The third kappa shape index (κ3) is 3.84. The second-order valence-corrected chi connectivity index (χ2v) is 6.49.